The molecule has 1 rings (SSSR count). The molecular formula is C11H11NO2. The first-order valence-corrected chi connectivity index (χ1v) is 4.35. The van der Waals surface area contributed by atoms with E-state index in [0.717, 1.165) is 0 Å². The van der Waals surface area contributed by atoms with Crippen LogP contribution in [0.2, 0.25) is 0 Å². The molecule has 72 valence electrons. The van der Waals surface area contributed by atoms with Crippen molar-refractivity contribution in [1.82, 2.24) is 0 Å². The van der Waals surface area contributed by atoms with E-state index in [1.165, 1.54) is 0 Å². The Morgan fingerprint density at radius 1 is 1.50 bits per heavy atom. The van der Waals surface area contributed by atoms with Crippen molar-refractivity contribution in [2.45, 2.75) is 13.8 Å². The van der Waals surface area contributed by atoms with Gasteiger partial charge in [0.2, 0.25) is 0 Å². The van der Waals surface area contributed by atoms with Crippen LogP contribution in [-0.2, 0) is 4.79 Å². The van der Waals surface area contributed by atoms with Crippen LogP contribution in [0.4, 0.5) is 0 Å². The molecule has 0 heterocycles. The predicted octanol–water partition coefficient (Wildman–Crippen LogP) is 2.12. The number of benzene rings is 1. The molecule has 3 nitrogen and oxygen atoms in total. The van der Waals surface area contributed by atoms with Crippen LogP contribution in [0.5, 0.6) is 5.75 Å². The third kappa shape index (κ3) is 2.60. The normalized spacial score (nSPS) is 9.57. The van der Waals surface area contributed by atoms with Crippen molar-refractivity contribution in [3.63, 3.8) is 0 Å². The molecule has 0 aliphatic rings. The third-order valence-corrected chi connectivity index (χ3v) is 1.65. The smallest absolute Gasteiger partial charge is 0.313 e. The molecule has 0 radical (unpaired) electrons. The Labute approximate surface area is 82.9 Å². The van der Waals surface area contributed by atoms with Crippen molar-refractivity contribution in [1.29, 1.82) is 5.26 Å². The van der Waals surface area contributed by atoms with Gasteiger partial charge in [-0.25, -0.2) is 0 Å². The van der Waals surface area contributed by atoms with Gasteiger partial charge in [0.15, 0.2) is 0 Å². The molecule has 0 aliphatic heterocycles. The Morgan fingerprint density at radius 2 is 2.21 bits per heavy atom. The second-order valence-corrected chi connectivity index (χ2v) is 3.22. The lowest BCUT2D eigenvalue weighted by Gasteiger charge is -2.05. The van der Waals surface area contributed by atoms with Gasteiger partial charge in [-0.05, 0) is 18.2 Å². The first-order chi connectivity index (χ1) is 6.63. The molecule has 3 heteroatoms. The average Bonchev–Trinajstić information content (AvgIpc) is 2.18. The van der Waals surface area contributed by atoms with Gasteiger partial charge in [-0.2, -0.15) is 5.26 Å². The highest BCUT2D eigenvalue weighted by molar-refractivity contribution is 5.74. The number of carbonyl (C=O) groups excluding carboxylic acids is 1. The third-order valence-electron chi connectivity index (χ3n) is 1.65. The molecule has 0 aliphatic carbocycles. The van der Waals surface area contributed by atoms with Crippen molar-refractivity contribution >= 4 is 5.97 Å². The number of hydrogen-bond donors (Lipinski definition) is 0. The number of nitriles is 1. The van der Waals surface area contributed by atoms with Crippen LogP contribution in [0.25, 0.3) is 0 Å². The topological polar surface area (TPSA) is 50.1 Å². The number of carbonyl (C=O) groups is 1. The molecule has 0 unspecified atom stereocenters. The number of esters is 1. The summed E-state index contributed by atoms with van der Waals surface area (Å²) >= 11 is 0. The molecule has 14 heavy (non-hydrogen) atoms. The molecule has 0 spiro atoms. The maximum Gasteiger partial charge on any atom is 0.313 e. The lowest BCUT2D eigenvalue weighted by molar-refractivity contribution is -0.137. The molecule has 1 aromatic rings. The van der Waals surface area contributed by atoms with Gasteiger partial charge >= 0.3 is 5.97 Å². The second-order valence-electron chi connectivity index (χ2n) is 3.22. The van der Waals surface area contributed by atoms with Gasteiger partial charge in [0.05, 0.1) is 17.6 Å². The molecule has 0 fully saturated rings. The fourth-order valence-electron chi connectivity index (χ4n) is 0.863. The summed E-state index contributed by atoms with van der Waals surface area (Å²) in [6, 6.07) is 8.52. The van der Waals surface area contributed by atoms with Crippen LogP contribution in [0.1, 0.15) is 19.4 Å². The standard InChI is InChI=1S/C11H11NO2/c1-8(2)11(13)14-10-5-3-4-9(6-10)7-12/h3-6,8H,1-2H3. The molecule has 0 bridgehead atoms. The van der Waals surface area contributed by atoms with E-state index in [0.29, 0.717) is 11.3 Å². The first-order valence-electron chi connectivity index (χ1n) is 4.35. The molecular weight excluding hydrogens is 178 g/mol. The van der Waals surface area contributed by atoms with Crippen molar-refractivity contribution in [3.05, 3.63) is 29.8 Å². The highest BCUT2D eigenvalue weighted by Gasteiger charge is 2.09. The summed E-state index contributed by atoms with van der Waals surface area (Å²) in [6.45, 7) is 3.52. The number of rotatable bonds is 2. The maximum atomic E-state index is 11.2. The van der Waals surface area contributed by atoms with E-state index in [1.807, 2.05) is 6.07 Å². The Bertz CT molecular complexity index is 377. The fourth-order valence-corrected chi connectivity index (χ4v) is 0.863. The summed E-state index contributed by atoms with van der Waals surface area (Å²) in [7, 11) is 0. The van der Waals surface area contributed by atoms with Gasteiger partial charge in [0, 0.05) is 0 Å². The van der Waals surface area contributed by atoms with E-state index in [9.17, 15) is 4.79 Å². The summed E-state index contributed by atoms with van der Waals surface area (Å²) in [5.41, 5.74) is 0.485. The summed E-state index contributed by atoms with van der Waals surface area (Å²) in [5, 5.41) is 8.61. The highest BCUT2D eigenvalue weighted by atomic mass is 16.5. The minimum absolute atomic E-state index is 0.166. The summed E-state index contributed by atoms with van der Waals surface area (Å²) in [5.74, 6) is -0.0384. The Balaban J connectivity index is 2.78. The van der Waals surface area contributed by atoms with Crippen LogP contribution in [0.15, 0.2) is 24.3 Å². The molecule has 1 aromatic carbocycles. The summed E-state index contributed by atoms with van der Waals surface area (Å²) in [6.07, 6.45) is 0. The Morgan fingerprint density at radius 3 is 2.79 bits per heavy atom. The van der Waals surface area contributed by atoms with Gasteiger partial charge in [-0.3, -0.25) is 4.79 Å². The monoisotopic (exact) mass is 189 g/mol. The Hall–Kier alpha value is -1.82. The van der Waals surface area contributed by atoms with Crippen molar-refractivity contribution in [2.75, 3.05) is 0 Å². The van der Waals surface area contributed by atoms with E-state index < -0.39 is 0 Å². The molecule has 0 saturated carbocycles. The molecule has 0 amide bonds. The lowest BCUT2D eigenvalue weighted by Crippen LogP contribution is -2.14. The van der Waals surface area contributed by atoms with E-state index in [4.69, 9.17) is 10.00 Å². The van der Waals surface area contributed by atoms with Gasteiger partial charge in [-0.1, -0.05) is 19.9 Å². The van der Waals surface area contributed by atoms with Gasteiger partial charge in [0.1, 0.15) is 5.75 Å². The molecule has 0 N–H and O–H groups in total. The Kier molecular flexibility index (Phi) is 3.24. The molecule has 0 saturated heterocycles. The molecule has 0 aromatic heterocycles. The predicted molar refractivity (Wildman–Crippen MR) is 51.6 cm³/mol. The van der Waals surface area contributed by atoms with E-state index >= 15 is 0 Å². The lowest BCUT2D eigenvalue weighted by atomic mass is 10.2. The zero-order valence-electron chi connectivity index (χ0n) is 8.15. The van der Waals surface area contributed by atoms with E-state index in [2.05, 4.69) is 0 Å². The SMILES string of the molecule is CC(C)C(=O)Oc1cccc(C#N)c1. The average molecular weight is 189 g/mol. The number of ether oxygens (including phenoxy) is 1. The minimum Gasteiger partial charge on any atom is -0.426 e. The first kappa shape index (κ1) is 10.3. The van der Waals surface area contributed by atoms with E-state index in [-0.39, 0.29) is 11.9 Å². The van der Waals surface area contributed by atoms with Gasteiger partial charge in [-0.15, -0.1) is 0 Å². The zero-order chi connectivity index (χ0) is 10.6. The zero-order valence-corrected chi connectivity index (χ0v) is 8.15. The fraction of sp³-hybridized carbons (Fsp3) is 0.273. The highest BCUT2D eigenvalue weighted by Crippen LogP contribution is 2.14. The van der Waals surface area contributed by atoms with Crippen molar-refractivity contribution in [3.8, 4) is 11.8 Å². The summed E-state index contributed by atoms with van der Waals surface area (Å²) < 4.78 is 5.03. The van der Waals surface area contributed by atoms with Crippen LogP contribution < -0.4 is 4.74 Å². The number of nitrogens with zero attached hydrogens (tertiary/aromatic N) is 1. The quantitative estimate of drug-likeness (QED) is 0.529. The van der Waals surface area contributed by atoms with Crippen molar-refractivity contribution in [2.24, 2.45) is 5.92 Å². The minimum atomic E-state index is -0.292. The maximum absolute atomic E-state index is 11.2. The summed E-state index contributed by atoms with van der Waals surface area (Å²) in [4.78, 5) is 11.2. The van der Waals surface area contributed by atoms with Crippen LogP contribution in [-0.4, -0.2) is 5.97 Å². The number of hydrogen-bond acceptors (Lipinski definition) is 3. The van der Waals surface area contributed by atoms with E-state index in [1.54, 1.807) is 38.1 Å². The van der Waals surface area contributed by atoms with Gasteiger partial charge < -0.3 is 4.74 Å². The van der Waals surface area contributed by atoms with Crippen LogP contribution in [0, 0.1) is 17.2 Å². The van der Waals surface area contributed by atoms with Crippen LogP contribution in [0.3, 0.4) is 0 Å². The largest absolute Gasteiger partial charge is 0.426 e. The van der Waals surface area contributed by atoms with Crippen LogP contribution >= 0.6 is 0 Å². The second kappa shape index (κ2) is 4.43. The van der Waals surface area contributed by atoms with Crippen molar-refractivity contribution < 1.29 is 9.53 Å². The molecule has 0 atom stereocenters. The van der Waals surface area contributed by atoms with Gasteiger partial charge in [0.25, 0.3) is 0 Å².